The van der Waals surface area contributed by atoms with Gasteiger partial charge in [-0.15, -0.1) is 0 Å². The van der Waals surface area contributed by atoms with E-state index in [0.29, 0.717) is 17.4 Å². The van der Waals surface area contributed by atoms with Crippen LogP contribution in [0.5, 0.6) is 0 Å². The van der Waals surface area contributed by atoms with E-state index in [1.165, 1.54) is 12.3 Å². The Hall–Kier alpha value is -2.21. The molecule has 0 radical (unpaired) electrons. The van der Waals surface area contributed by atoms with E-state index < -0.39 is 4.92 Å². The number of rotatable bonds is 4. The lowest BCUT2D eigenvalue weighted by atomic mass is 10.1. The minimum atomic E-state index is -0.439. The summed E-state index contributed by atoms with van der Waals surface area (Å²) in [7, 11) is 1.82. The van der Waals surface area contributed by atoms with Crippen molar-refractivity contribution < 1.29 is 10.0 Å². The molecule has 0 atom stereocenters. The number of aliphatic hydroxyl groups excluding tert-OH is 1. The number of fused-ring (bicyclic) bond motifs is 1. The smallest absolute Gasteiger partial charge is 0.295 e. The predicted molar refractivity (Wildman–Crippen MR) is 68.8 cm³/mol. The maximum Gasteiger partial charge on any atom is 0.295 e. The normalized spacial score (nSPS) is 10.6. The summed E-state index contributed by atoms with van der Waals surface area (Å²) in [6.07, 6.45) is 1.53. The fraction of sp³-hybridized carbons (Fsp3) is 0.250. The van der Waals surface area contributed by atoms with E-state index in [0.717, 1.165) is 5.69 Å². The lowest BCUT2D eigenvalue weighted by Gasteiger charge is -2.19. The Morgan fingerprint density at radius 1 is 1.44 bits per heavy atom. The van der Waals surface area contributed by atoms with E-state index >= 15 is 0 Å². The Morgan fingerprint density at radius 2 is 2.22 bits per heavy atom. The first-order chi connectivity index (χ1) is 8.65. The Balaban J connectivity index is 2.64. The topological polar surface area (TPSA) is 79.5 Å². The van der Waals surface area contributed by atoms with Gasteiger partial charge in [-0.05, 0) is 18.2 Å². The van der Waals surface area contributed by atoms with Gasteiger partial charge in [0.15, 0.2) is 0 Å². The Bertz CT molecular complexity index is 586. The molecule has 94 valence electrons. The molecule has 1 aromatic heterocycles. The Kier molecular flexibility index (Phi) is 3.38. The maximum absolute atomic E-state index is 10.9. The number of hydrogen-bond donors (Lipinski definition) is 1. The lowest BCUT2D eigenvalue weighted by Crippen LogP contribution is -2.21. The largest absolute Gasteiger partial charge is 0.395 e. The molecular formula is C12H13N3O3. The zero-order valence-electron chi connectivity index (χ0n) is 9.91. The van der Waals surface area contributed by atoms with E-state index in [2.05, 4.69) is 4.98 Å². The van der Waals surface area contributed by atoms with Crippen LogP contribution in [0.4, 0.5) is 11.4 Å². The van der Waals surface area contributed by atoms with Crippen molar-refractivity contribution in [3.8, 4) is 0 Å². The number of nitro groups is 1. The van der Waals surface area contributed by atoms with E-state index in [1.807, 2.05) is 11.9 Å². The molecule has 18 heavy (non-hydrogen) atoms. The summed E-state index contributed by atoms with van der Waals surface area (Å²) in [6, 6.07) is 6.65. The van der Waals surface area contributed by atoms with Gasteiger partial charge in [-0.25, -0.2) is 4.98 Å². The number of pyridine rings is 1. The molecule has 1 aromatic carbocycles. The van der Waals surface area contributed by atoms with Gasteiger partial charge in [-0.1, -0.05) is 0 Å². The van der Waals surface area contributed by atoms with Crippen molar-refractivity contribution in [3.05, 3.63) is 40.6 Å². The molecule has 0 saturated heterocycles. The van der Waals surface area contributed by atoms with Crippen molar-refractivity contribution in [2.45, 2.75) is 0 Å². The number of non-ortho nitro benzene ring substituents is 1. The van der Waals surface area contributed by atoms with E-state index in [-0.39, 0.29) is 12.3 Å². The van der Waals surface area contributed by atoms with Crippen molar-refractivity contribution in [2.24, 2.45) is 0 Å². The third-order valence-corrected chi connectivity index (χ3v) is 2.77. The molecule has 1 N–H and O–H groups in total. The number of likely N-dealkylation sites (N-methyl/N-ethyl adjacent to an activating group) is 1. The molecule has 0 fully saturated rings. The molecule has 0 amide bonds. The van der Waals surface area contributed by atoms with Gasteiger partial charge in [0.2, 0.25) is 0 Å². The van der Waals surface area contributed by atoms with Crippen LogP contribution < -0.4 is 4.90 Å². The van der Waals surface area contributed by atoms with Crippen molar-refractivity contribution >= 4 is 22.3 Å². The van der Waals surface area contributed by atoms with Gasteiger partial charge in [0.25, 0.3) is 5.69 Å². The number of aliphatic hydroxyl groups is 1. The zero-order valence-corrected chi connectivity index (χ0v) is 9.91. The predicted octanol–water partition coefficient (Wildman–Crippen LogP) is 1.57. The first-order valence-corrected chi connectivity index (χ1v) is 5.49. The highest BCUT2D eigenvalue weighted by atomic mass is 16.6. The van der Waals surface area contributed by atoms with Crippen LogP contribution in [0.1, 0.15) is 0 Å². The summed E-state index contributed by atoms with van der Waals surface area (Å²) in [5.74, 6) is 0. The highest BCUT2D eigenvalue weighted by molar-refractivity contribution is 5.97. The number of hydrogen-bond acceptors (Lipinski definition) is 5. The zero-order chi connectivity index (χ0) is 13.1. The monoisotopic (exact) mass is 247 g/mol. The molecule has 0 aliphatic rings. The van der Waals surface area contributed by atoms with Gasteiger partial charge in [0.1, 0.15) is 5.52 Å². The van der Waals surface area contributed by atoms with Gasteiger partial charge in [-0.2, -0.15) is 0 Å². The average Bonchev–Trinajstić information content (AvgIpc) is 2.37. The quantitative estimate of drug-likeness (QED) is 0.655. The number of nitro benzene ring substituents is 1. The second kappa shape index (κ2) is 4.97. The van der Waals surface area contributed by atoms with Crippen LogP contribution in [0.15, 0.2) is 30.5 Å². The van der Waals surface area contributed by atoms with Crippen LogP contribution in [0.2, 0.25) is 0 Å². The van der Waals surface area contributed by atoms with Crippen LogP contribution >= 0.6 is 0 Å². The molecule has 0 aliphatic heterocycles. The molecule has 0 unspecified atom stereocenters. The molecule has 0 aliphatic carbocycles. The fourth-order valence-electron chi connectivity index (χ4n) is 1.89. The second-order valence-electron chi connectivity index (χ2n) is 3.91. The van der Waals surface area contributed by atoms with Crippen LogP contribution in [-0.2, 0) is 0 Å². The average molecular weight is 247 g/mol. The molecular weight excluding hydrogens is 234 g/mol. The number of benzene rings is 1. The summed E-state index contributed by atoms with van der Waals surface area (Å²) in [5, 5.41) is 20.6. The molecule has 6 nitrogen and oxygen atoms in total. The van der Waals surface area contributed by atoms with Gasteiger partial charge >= 0.3 is 0 Å². The summed E-state index contributed by atoms with van der Waals surface area (Å²) in [6.45, 7) is 0.483. The van der Waals surface area contributed by atoms with Gasteiger partial charge in [0.05, 0.1) is 11.5 Å². The minimum Gasteiger partial charge on any atom is -0.395 e. The lowest BCUT2D eigenvalue weighted by molar-refractivity contribution is -0.383. The number of nitrogens with zero attached hydrogens (tertiary/aromatic N) is 3. The highest BCUT2D eigenvalue weighted by Crippen LogP contribution is 2.31. The van der Waals surface area contributed by atoms with Crippen LogP contribution in [0.25, 0.3) is 10.9 Å². The van der Waals surface area contributed by atoms with Crippen molar-refractivity contribution in [3.63, 3.8) is 0 Å². The second-order valence-corrected chi connectivity index (χ2v) is 3.91. The number of anilines is 1. The Labute approximate surface area is 104 Å². The van der Waals surface area contributed by atoms with Crippen molar-refractivity contribution in [2.75, 3.05) is 25.1 Å². The molecule has 6 heteroatoms. The molecule has 2 aromatic rings. The van der Waals surface area contributed by atoms with Gasteiger partial charge < -0.3 is 10.0 Å². The van der Waals surface area contributed by atoms with E-state index in [9.17, 15) is 10.1 Å². The van der Waals surface area contributed by atoms with Crippen molar-refractivity contribution in [1.82, 2.24) is 4.98 Å². The van der Waals surface area contributed by atoms with Crippen LogP contribution in [0, 0.1) is 10.1 Å². The minimum absolute atomic E-state index is 0.00764. The van der Waals surface area contributed by atoms with Gasteiger partial charge in [0, 0.05) is 36.9 Å². The molecule has 0 saturated carbocycles. The fourth-order valence-corrected chi connectivity index (χ4v) is 1.89. The SMILES string of the molecule is CN(CCO)c1ccc([N+](=O)[O-])c2ncccc12. The van der Waals surface area contributed by atoms with Crippen molar-refractivity contribution in [1.29, 1.82) is 0 Å². The standard InChI is InChI=1S/C12H13N3O3/c1-14(7-8-16)10-4-5-11(15(17)18)12-9(10)3-2-6-13-12/h2-6,16H,7-8H2,1H3. The maximum atomic E-state index is 10.9. The molecule has 0 bridgehead atoms. The molecule has 0 spiro atoms. The number of aromatic nitrogens is 1. The summed E-state index contributed by atoms with van der Waals surface area (Å²) < 4.78 is 0. The van der Waals surface area contributed by atoms with Crippen LogP contribution in [0.3, 0.4) is 0 Å². The third-order valence-electron chi connectivity index (χ3n) is 2.77. The summed E-state index contributed by atoms with van der Waals surface area (Å²) in [4.78, 5) is 16.4. The summed E-state index contributed by atoms with van der Waals surface area (Å²) in [5.41, 5.74) is 1.18. The molecule has 1 heterocycles. The Morgan fingerprint density at radius 3 is 2.89 bits per heavy atom. The first kappa shape index (κ1) is 12.3. The van der Waals surface area contributed by atoms with Crippen LogP contribution in [-0.4, -0.2) is 35.2 Å². The van der Waals surface area contributed by atoms with E-state index in [1.54, 1.807) is 18.2 Å². The molecule has 2 rings (SSSR count). The van der Waals surface area contributed by atoms with Gasteiger partial charge in [-0.3, -0.25) is 10.1 Å². The first-order valence-electron chi connectivity index (χ1n) is 5.49. The third kappa shape index (κ3) is 2.10. The summed E-state index contributed by atoms with van der Waals surface area (Å²) >= 11 is 0. The van der Waals surface area contributed by atoms with E-state index in [4.69, 9.17) is 5.11 Å². The highest BCUT2D eigenvalue weighted by Gasteiger charge is 2.16.